The lowest BCUT2D eigenvalue weighted by Gasteiger charge is -2.13. The Morgan fingerprint density at radius 1 is 1.58 bits per heavy atom. The third-order valence-corrected chi connectivity index (χ3v) is 4.45. The molecule has 0 fully saturated rings. The van der Waals surface area contributed by atoms with Crippen LogP contribution in [0, 0.1) is 0 Å². The van der Waals surface area contributed by atoms with Crippen molar-refractivity contribution < 1.29 is 8.42 Å². The number of nitrogens with zero attached hydrogens (tertiary/aromatic N) is 2. The number of halogens is 1. The Labute approximate surface area is 116 Å². The second kappa shape index (κ2) is 5.34. The zero-order chi connectivity index (χ0) is 14.0. The number of hydrogen-bond donors (Lipinski definition) is 1. The summed E-state index contributed by atoms with van der Waals surface area (Å²) in [7, 11) is -3.15. The van der Waals surface area contributed by atoms with Crippen molar-refractivity contribution in [3.8, 4) is 0 Å². The number of aromatic nitrogens is 2. The lowest BCUT2D eigenvalue weighted by molar-refractivity contribution is 0.568. The molecule has 1 unspecified atom stereocenters. The molecular weight excluding hydrogens is 290 g/mol. The molecule has 2 heterocycles. The van der Waals surface area contributed by atoms with Crippen LogP contribution in [-0.4, -0.2) is 30.0 Å². The van der Waals surface area contributed by atoms with Crippen LogP contribution in [-0.2, 0) is 16.4 Å². The summed E-state index contributed by atoms with van der Waals surface area (Å²) in [6, 6.07) is -0.384. The number of sulfone groups is 1. The van der Waals surface area contributed by atoms with Gasteiger partial charge in [-0.25, -0.2) is 13.1 Å². The fraction of sp³-hybridized carbons (Fsp3) is 0.455. The van der Waals surface area contributed by atoms with E-state index in [1.807, 2.05) is 6.92 Å². The summed E-state index contributed by atoms with van der Waals surface area (Å²) in [4.78, 5) is 11.9. The van der Waals surface area contributed by atoms with E-state index in [0.29, 0.717) is 12.2 Å². The maximum absolute atomic E-state index is 11.9. The van der Waals surface area contributed by atoms with Crippen molar-refractivity contribution >= 4 is 27.1 Å². The van der Waals surface area contributed by atoms with E-state index >= 15 is 0 Å². The SMILES string of the molecule is CCCn1ncc(NC2C=CS(=O)(=O)C2)c(Cl)c1=O. The number of rotatable bonds is 4. The summed E-state index contributed by atoms with van der Waals surface area (Å²) < 4.78 is 23.8. The number of nitrogens with one attached hydrogen (secondary N) is 1. The van der Waals surface area contributed by atoms with Gasteiger partial charge in [-0.05, 0) is 6.42 Å². The van der Waals surface area contributed by atoms with Gasteiger partial charge >= 0.3 is 0 Å². The van der Waals surface area contributed by atoms with E-state index < -0.39 is 9.84 Å². The van der Waals surface area contributed by atoms with E-state index in [2.05, 4.69) is 10.4 Å². The van der Waals surface area contributed by atoms with Gasteiger partial charge in [-0.3, -0.25) is 4.79 Å². The lowest BCUT2D eigenvalue weighted by Crippen LogP contribution is -2.27. The molecule has 8 heteroatoms. The first-order valence-corrected chi connectivity index (χ1v) is 7.95. The van der Waals surface area contributed by atoms with Crippen LogP contribution in [0.25, 0.3) is 0 Å². The predicted molar refractivity (Wildman–Crippen MR) is 74.1 cm³/mol. The van der Waals surface area contributed by atoms with Gasteiger partial charge in [-0.15, -0.1) is 0 Å². The minimum absolute atomic E-state index is 0.0288. The molecular formula is C11H14ClN3O3S. The number of anilines is 1. The highest BCUT2D eigenvalue weighted by molar-refractivity contribution is 7.94. The molecule has 0 aromatic carbocycles. The smallest absolute Gasteiger partial charge is 0.287 e. The Morgan fingerprint density at radius 3 is 2.89 bits per heavy atom. The van der Waals surface area contributed by atoms with E-state index in [1.165, 1.54) is 17.0 Å². The average molecular weight is 304 g/mol. The fourth-order valence-electron chi connectivity index (χ4n) is 1.80. The monoisotopic (exact) mass is 303 g/mol. The zero-order valence-corrected chi connectivity index (χ0v) is 11.9. The summed E-state index contributed by atoms with van der Waals surface area (Å²) in [5.74, 6) is -0.0403. The second-order valence-corrected chi connectivity index (χ2v) is 6.62. The maximum atomic E-state index is 11.9. The van der Waals surface area contributed by atoms with Crippen molar-refractivity contribution in [1.29, 1.82) is 0 Å². The standard InChI is InChI=1S/C11H14ClN3O3S/c1-2-4-15-11(16)10(12)9(6-13-15)14-8-3-5-19(17,18)7-8/h3,5-6,8,14H,2,4,7H2,1H3. The third-order valence-electron chi connectivity index (χ3n) is 2.69. The lowest BCUT2D eigenvalue weighted by atomic mass is 10.3. The zero-order valence-electron chi connectivity index (χ0n) is 10.3. The van der Waals surface area contributed by atoms with Crippen LogP contribution in [0.15, 0.2) is 22.5 Å². The molecule has 0 radical (unpaired) electrons. The van der Waals surface area contributed by atoms with Gasteiger partial charge < -0.3 is 5.32 Å². The van der Waals surface area contributed by atoms with Crippen molar-refractivity contribution in [1.82, 2.24) is 9.78 Å². The van der Waals surface area contributed by atoms with Gasteiger partial charge in [-0.1, -0.05) is 24.6 Å². The Kier molecular flexibility index (Phi) is 3.96. The number of hydrogen-bond acceptors (Lipinski definition) is 5. The van der Waals surface area contributed by atoms with Crippen LogP contribution in [0.1, 0.15) is 13.3 Å². The summed E-state index contributed by atoms with van der Waals surface area (Å²) >= 11 is 5.97. The molecule has 2 rings (SSSR count). The summed E-state index contributed by atoms with van der Waals surface area (Å²) in [6.45, 7) is 2.43. The molecule has 0 amide bonds. The Morgan fingerprint density at radius 2 is 2.32 bits per heavy atom. The normalized spacial score (nSPS) is 20.6. The molecule has 1 N–H and O–H groups in total. The molecule has 19 heavy (non-hydrogen) atoms. The van der Waals surface area contributed by atoms with Gasteiger partial charge in [0.15, 0.2) is 9.84 Å². The molecule has 0 bridgehead atoms. The second-order valence-electron chi connectivity index (χ2n) is 4.31. The van der Waals surface area contributed by atoms with E-state index in [-0.39, 0.29) is 22.4 Å². The van der Waals surface area contributed by atoms with Gasteiger partial charge in [0.25, 0.3) is 5.56 Å². The molecule has 1 aromatic heterocycles. The predicted octanol–water partition coefficient (Wildman–Crippen LogP) is 1.03. The first-order valence-electron chi connectivity index (χ1n) is 5.86. The van der Waals surface area contributed by atoms with E-state index in [0.717, 1.165) is 11.8 Å². The summed E-state index contributed by atoms with van der Waals surface area (Å²) in [5.41, 5.74) is -0.0240. The number of aryl methyl sites for hydroxylation is 1. The van der Waals surface area contributed by atoms with Crippen molar-refractivity contribution in [3.05, 3.63) is 33.1 Å². The molecule has 0 saturated heterocycles. The summed E-state index contributed by atoms with van der Waals surface area (Å²) in [6.07, 6.45) is 3.75. The van der Waals surface area contributed by atoms with Gasteiger partial charge in [0.1, 0.15) is 5.02 Å². The van der Waals surface area contributed by atoms with Crippen LogP contribution < -0.4 is 10.9 Å². The molecule has 0 spiro atoms. The van der Waals surface area contributed by atoms with E-state index in [4.69, 9.17) is 11.6 Å². The van der Waals surface area contributed by atoms with Crippen LogP contribution >= 0.6 is 11.6 Å². The van der Waals surface area contributed by atoms with Crippen molar-refractivity contribution in [3.63, 3.8) is 0 Å². The molecule has 0 saturated carbocycles. The van der Waals surface area contributed by atoms with E-state index in [9.17, 15) is 13.2 Å². The first-order chi connectivity index (χ1) is 8.93. The first kappa shape index (κ1) is 14.1. The highest BCUT2D eigenvalue weighted by Crippen LogP contribution is 2.19. The van der Waals surface area contributed by atoms with Crippen LogP contribution in [0.4, 0.5) is 5.69 Å². The van der Waals surface area contributed by atoms with Crippen LogP contribution in [0.2, 0.25) is 5.02 Å². The fourth-order valence-corrected chi connectivity index (χ4v) is 3.24. The highest BCUT2D eigenvalue weighted by atomic mass is 35.5. The van der Waals surface area contributed by atoms with Gasteiger partial charge in [0.05, 0.1) is 23.7 Å². The molecule has 1 aliphatic heterocycles. The Hall–Kier alpha value is -1.34. The minimum atomic E-state index is -3.15. The summed E-state index contributed by atoms with van der Waals surface area (Å²) in [5, 5.41) is 8.08. The Balaban J connectivity index is 2.21. The van der Waals surface area contributed by atoms with Gasteiger partial charge in [-0.2, -0.15) is 5.10 Å². The van der Waals surface area contributed by atoms with Crippen molar-refractivity contribution in [2.24, 2.45) is 0 Å². The Bertz CT molecular complexity index is 666. The van der Waals surface area contributed by atoms with Gasteiger partial charge in [0, 0.05) is 12.0 Å². The molecule has 1 atom stereocenters. The molecule has 104 valence electrons. The van der Waals surface area contributed by atoms with E-state index in [1.54, 1.807) is 0 Å². The van der Waals surface area contributed by atoms with Crippen molar-refractivity contribution in [2.45, 2.75) is 25.9 Å². The van der Waals surface area contributed by atoms with Gasteiger partial charge in [0.2, 0.25) is 0 Å². The third kappa shape index (κ3) is 3.16. The van der Waals surface area contributed by atoms with Crippen LogP contribution in [0.3, 0.4) is 0 Å². The quantitative estimate of drug-likeness (QED) is 0.898. The molecule has 1 aliphatic rings. The molecule has 6 nitrogen and oxygen atoms in total. The molecule has 1 aromatic rings. The topological polar surface area (TPSA) is 81.1 Å². The minimum Gasteiger partial charge on any atom is -0.375 e. The highest BCUT2D eigenvalue weighted by Gasteiger charge is 2.22. The molecule has 0 aliphatic carbocycles. The van der Waals surface area contributed by atoms with Crippen LogP contribution in [0.5, 0.6) is 0 Å². The van der Waals surface area contributed by atoms with Crippen molar-refractivity contribution in [2.75, 3.05) is 11.1 Å². The maximum Gasteiger partial charge on any atom is 0.287 e. The largest absolute Gasteiger partial charge is 0.375 e. The average Bonchev–Trinajstić information content (AvgIpc) is 2.69.